The minimum atomic E-state index is -0.286. The smallest absolute Gasteiger partial charge is 0.252 e. The van der Waals surface area contributed by atoms with Crippen molar-refractivity contribution in [3.05, 3.63) is 22.6 Å². The Bertz CT molecular complexity index is 266. The molecule has 5 N–H and O–H groups in total. The van der Waals surface area contributed by atoms with Gasteiger partial charge >= 0.3 is 0 Å². The SMILES string of the molecule is NN(N)c1nccc(=O)[nH]1. The number of H-pyrrole nitrogens is 1. The lowest BCUT2D eigenvalue weighted by Crippen LogP contribution is -2.40. The van der Waals surface area contributed by atoms with Gasteiger partial charge < -0.3 is 0 Å². The predicted molar refractivity (Wildman–Crippen MR) is 35.7 cm³/mol. The van der Waals surface area contributed by atoms with Gasteiger partial charge in [0.25, 0.3) is 5.56 Å². The number of hydrogen-bond acceptors (Lipinski definition) is 5. The van der Waals surface area contributed by atoms with Gasteiger partial charge in [0.1, 0.15) is 0 Å². The first kappa shape index (κ1) is 6.72. The third-order valence-electron chi connectivity index (χ3n) is 0.902. The molecule has 0 atom stereocenters. The summed E-state index contributed by atoms with van der Waals surface area (Å²) in [7, 11) is 0. The number of anilines is 1. The number of aromatic amines is 1. The van der Waals surface area contributed by atoms with E-state index < -0.39 is 0 Å². The van der Waals surface area contributed by atoms with E-state index in [0.717, 1.165) is 5.12 Å². The molecule has 1 heterocycles. The Kier molecular flexibility index (Phi) is 1.65. The maximum absolute atomic E-state index is 10.6. The number of nitrogens with two attached hydrogens (primary N) is 2. The van der Waals surface area contributed by atoms with Crippen LogP contribution in [-0.4, -0.2) is 9.97 Å². The Morgan fingerprint density at radius 3 is 2.70 bits per heavy atom. The van der Waals surface area contributed by atoms with Gasteiger partial charge in [0.05, 0.1) is 0 Å². The van der Waals surface area contributed by atoms with Crippen molar-refractivity contribution in [2.24, 2.45) is 11.7 Å². The Labute approximate surface area is 56.4 Å². The predicted octanol–water partition coefficient (Wildman–Crippen LogP) is -1.68. The van der Waals surface area contributed by atoms with Crippen LogP contribution in [0, 0.1) is 0 Å². The lowest BCUT2D eigenvalue weighted by Gasteiger charge is -2.06. The molecular formula is C4H7N5O. The number of nitrogens with zero attached hydrogens (tertiary/aromatic N) is 2. The summed E-state index contributed by atoms with van der Waals surface area (Å²) in [6.45, 7) is 0. The molecule has 1 aromatic heterocycles. The topological polar surface area (TPSA) is 101 Å². The number of hydrazine groups is 2. The molecule has 0 aliphatic carbocycles. The van der Waals surface area contributed by atoms with E-state index in [1.165, 1.54) is 12.3 Å². The number of aromatic nitrogens is 2. The van der Waals surface area contributed by atoms with Crippen LogP contribution in [-0.2, 0) is 0 Å². The monoisotopic (exact) mass is 141 g/mol. The van der Waals surface area contributed by atoms with Gasteiger partial charge in [-0.15, -0.1) is 0 Å². The van der Waals surface area contributed by atoms with Gasteiger partial charge in [0.2, 0.25) is 5.95 Å². The highest BCUT2D eigenvalue weighted by molar-refractivity contribution is 5.21. The highest BCUT2D eigenvalue weighted by Gasteiger charge is 1.94. The largest absolute Gasteiger partial charge is 0.290 e. The van der Waals surface area contributed by atoms with Crippen molar-refractivity contribution in [1.29, 1.82) is 0 Å². The second-order valence-corrected chi connectivity index (χ2v) is 1.66. The first-order valence-corrected chi connectivity index (χ1v) is 2.55. The van der Waals surface area contributed by atoms with E-state index in [4.69, 9.17) is 11.7 Å². The minimum Gasteiger partial charge on any atom is -0.290 e. The van der Waals surface area contributed by atoms with E-state index in [9.17, 15) is 4.79 Å². The second kappa shape index (κ2) is 2.46. The molecule has 0 aromatic carbocycles. The molecule has 0 unspecified atom stereocenters. The molecule has 6 heteroatoms. The van der Waals surface area contributed by atoms with Crippen LogP contribution in [0.1, 0.15) is 0 Å². The molecule has 0 radical (unpaired) electrons. The summed E-state index contributed by atoms with van der Waals surface area (Å²) in [5.41, 5.74) is -0.286. The van der Waals surface area contributed by atoms with Crippen LogP contribution in [0.2, 0.25) is 0 Å². The Morgan fingerprint density at radius 2 is 2.30 bits per heavy atom. The molecule has 54 valence electrons. The maximum atomic E-state index is 10.6. The molecule has 6 nitrogen and oxygen atoms in total. The Hall–Kier alpha value is -1.40. The van der Waals surface area contributed by atoms with E-state index in [0.29, 0.717) is 0 Å². The third kappa shape index (κ3) is 1.30. The molecule has 0 spiro atoms. The number of hydrogen-bond donors (Lipinski definition) is 3. The van der Waals surface area contributed by atoms with E-state index in [1.807, 2.05) is 0 Å². The molecule has 0 aliphatic rings. The van der Waals surface area contributed by atoms with Crippen LogP contribution in [0.25, 0.3) is 0 Å². The van der Waals surface area contributed by atoms with Crippen LogP contribution >= 0.6 is 0 Å². The van der Waals surface area contributed by atoms with Gasteiger partial charge in [-0.1, -0.05) is 0 Å². The summed E-state index contributed by atoms with van der Waals surface area (Å²) >= 11 is 0. The highest BCUT2D eigenvalue weighted by Crippen LogP contribution is 1.88. The average molecular weight is 141 g/mol. The summed E-state index contributed by atoms with van der Waals surface area (Å²) in [5.74, 6) is 10.3. The van der Waals surface area contributed by atoms with Gasteiger partial charge in [-0.2, -0.15) is 0 Å². The molecule has 0 bridgehead atoms. The molecular weight excluding hydrogens is 134 g/mol. The summed E-state index contributed by atoms with van der Waals surface area (Å²) < 4.78 is 0. The van der Waals surface area contributed by atoms with E-state index >= 15 is 0 Å². The van der Waals surface area contributed by atoms with Crippen LogP contribution in [0.5, 0.6) is 0 Å². The van der Waals surface area contributed by atoms with Crippen molar-refractivity contribution in [3.63, 3.8) is 0 Å². The fourth-order valence-electron chi connectivity index (χ4n) is 0.491. The molecule has 0 fully saturated rings. The van der Waals surface area contributed by atoms with Crippen molar-refractivity contribution in [2.75, 3.05) is 5.12 Å². The van der Waals surface area contributed by atoms with Crippen LogP contribution in [0.4, 0.5) is 5.95 Å². The van der Waals surface area contributed by atoms with E-state index in [2.05, 4.69) is 9.97 Å². The molecule has 10 heavy (non-hydrogen) atoms. The van der Waals surface area contributed by atoms with Crippen LogP contribution in [0.3, 0.4) is 0 Å². The minimum absolute atomic E-state index is 0.132. The van der Waals surface area contributed by atoms with Crippen LogP contribution in [0.15, 0.2) is 17.1 Å². The summed E-state index contributed by atoms with van der Waals surface area (Å²) in [4.78, 5) is 16.5. The fraction of sp³-hybridized carbons (Fsp3) is 0. The normalized spacial score (nSPS) is 9.40. The fourth-order valence-corrected chi connectivity index (χ4v) is 0.491. The van der Waals surface area contributed by atoms with Crippen molar-refractivity contribution < 1.29 is 0 Å². The van der Waals surface area contributed by atoms with Gasteiger partial charge in [-0.05, 0) is 0 Å². The van der Waals surface area contributed by atoms with Crippen molar-refractivity contribution in [2.45, 2.75) is 0 Å². The second-order valence-electron chi connectivity index (χ2n) is 1.66. The standard InChI is InChI=1S/C4H7N5O/c5-9(6)4-7-2-1-3(10)8-4/h1-2H,5-6H2,(H,7,8,10). The Balaban J connectivity index is 3.07. The third-order valence-corrected chi connectivity index (χ3v) is 0.902. The van der Waals surface area contributed by atoms with Gasteiger partial charge in [-0.25, -0.2) is 21.8 Å². The van der Waals surface area contributed by atoms with Crippen LogP contribution < -0.4 is 22.4 Å². The lowest BCUT2D eigenvalue weighted by atomic mass is 10.7. The lowest BCUT2D eigenvalue weighted by molar-refractivity contribution is 0.854. The first-order valence-electron chi connectivity index (χ1n) is 2.55. The molecule has 1 rings (SSSR count). The first-order chi connectivity index (χ1) is 4.70. The molecule has 0 aliphatic heterocycles. The zero-order valence-electron chi connectivity index (χ0n) is 5.11. The average Bonchev–Trinajstić information content (AvgIpc) is 1.88. The van der Waals surface area contributed by atoms with Crippen molar-refractivity contribution in [1.82, 2.24) is 9.97 Å². The molecule has 0 amide bonds. The molecule has 1 aromatic rings. The quantitative estimate of drug-likeness (QED) is 0.320. The maximum Gasteiger partial charge on any atom is 0.252 e. The van der Waals surface area contributed by atoms with Gasteiger partial charge in [-0.3, -0.25) is 9.78 Å². The molecule has 0 saturated carbocycles. The zero-order chi connectivity index (χ0) is 7.56. The molecule has 0 saturated heterocycles. The van der Waals surface area contributed by atoms with E-state index in [1.54, 1.807) is 0 Å². The van der Waals surface area contributed by atoms with E-state index in [-0.39, 0.29) is 11.5 Å². The summed E-state index contributed by atoms with van der Waals surface area (Å²) in [6, 6.07) is 1.27. The van der Waals surface area contributed by atoms with Gasteiger partial charge in [0.15, 0.2) is 0 Å². The summed E-state index contributed by atoms with van der Waals surface area (Å²) in [6.07, 6.45) is 1.32. The Morgan fingerprint density at radius 1 is 1.60 bits per heavy atom. The number of rotatable bonds is 1. The van der Waals surface area contributed by atoms with Crippen molar-refractivity contribution in [3.8, 4) is 0 Å². The highest BCUT2D eigenvalue weighted by atomic mass is 16.1. The van der Waals surface area contributed by atoms with Crippen molar-refractivity contribution >= 4 is 5.95 Å². The zero-order valence-corrected chi connectivity index (χ0v) is 5.11. The number of nitrogens with one attached hydrogen (secondary N) is 1. The summed E-state index contributed by atoms with van der Waals surface area (Å²) in [5, 5.41) is 0.737. The van der Waals surface area contributed by atoms with Gasteiger partial charge in [0, 0.05) is 12.3 Å².